The molecular weight excluding hydrogens is 293 g/mol. The Morgan fingerprint density at radius 3 is 2.10 bits per heavy atom. The van der Waals surface area contributed by atoms with Crippen LogP contribution >= 0.6 is 0 Å². The molecule has 0 radical (unpaired) electrons. The molecule has 0 spiro atoms. The highest BCUT2D eigenvalue weighted by atomic mass is 32.2. The topological polar surface area (TPSA) is 49.4 Å². The third-order valence-corrected chi connectivity index (χ3v) is 4.45. The lowest BCUT2D eigenvalue weighted by atomic mass is 10.3. The Balaban J connectivity index is 2.80. The quantitative estimate of drug-likeness (QED) is 0.907. The lowest BCUT2D eigenvalue weighted by Crippen LogP contribution is -2.31. The molecule has 4 nitrogen and oxygen atoms in total. The van der Waals surface area contributed by atoms with Gasteiger partial charge >= 0.3 is 5.51 Å². The molecule has 0 aliphatic rings. The van der Waals surface area contributed by atoms with Crippen molar-refractivity contribution in [3.05, 3.63) is 24.3 Å². The maximum absolute atomic E-state index is 12.4. The van der Waals surface area contributed by atoms with E-state index in [-0.39, 0.29) is 6.04 Å². The molecule has 0 saturated heterocycles. The number of alkyl halides is 3. The second kappa shape index (κ2) is 6.01. The molecule has 1 rings (SSSR count). The number of benzene rings is 1. The minimum absolute atomic E-state index is 0.230. The Labute approximate surface area is 116 Å². The summed E-state index contributed by atoms with van der Waals surface area (Å²) in [4.78, 5) is 1.23. The van der Waals surface area contributed by atoms with Crippen molar-refractivity contribution in [2.45, 2.75) is 23.4 Å². The Bertz CT molecular complexity index is 539. The summed E-state index contributed by atoms with van der Waals surface area (Å²) >= 11 is 0. The first-order valence-electron chi connectivity index (χ1n) is 5.87. The predicted molar refractivity (Wildman–Crippen MR) is 71.3 cm³/mol. The van der Waals surface area contributed by atoms with Crippen molar-refractivity contribution < 1.29 is 21.6 Å². The van der Waals surface area contributed by atoms with Gasteiger partial charge < -0.3 is 10.2 Å². The summed E-state index contributed by atoms with van der Waals surface area (Å²) in [5.74, 6) is 0. The van der Waals surface area contributed by atoms with Gasteiger partial charge in [0.2, 0.25) is 0 Å². The molecule has 0 amide bonds. The lowest BCUT2D eigenvalue weighted by molar-refractivity contribution is -0.0436. The van der Waals surface area contributed by atoms with Gasteiger partial charge in [-0.25, -0.2) is 8.42 Å². The van der Waals surface area contributed by atoms with Crippen LogP contribution < -0.4 is 5.32 Å². The SMILES string of the molecule is CC(CNc1ccc(S(=O)(=O)C(F)(F)F)cc1)N(C)C. The fourth-order valence-corrected chi connectivity index (χ4v) is 2.10. The highest BCUT2D eigenvalue weighted by Crippen LogP contribution is 2.30. The van der Waals surface area contributed by atoms with Crippen LogP contribution in [0.2, 0.25) is 0 Å². The maximum Gasteiger partial charge on any atom is 0.501 e. The molecule has 0 aliphatic carbocycles. The third kappa shape index (κ3) is 3.86. The molecule has 1 aromatic rings. The number of halogens is 3. The van der Waals surface area contributed by atoms with Crippen LogP contribution in [0, 0.1) is 0 Å². The van der Waals surface area contributed by atoms with Gasteiger partial charge in [0.25, 0.3) is 9.84 Å². The van der Waals surface area contributed by atoms with Crippen molar-refractivity contribution in [3.8, 4) is 0 Å². The van der Waals surface area contributed by atoms with Crippen molar-refractivity contribution in [1.29, 1.82) is 0 Å². The van der Waals surface area contributed by atoms with E-state index >= 15 is 0 Å². The first-order chi connectivity index (χ1) is 9.05. The van der Waals surface area contributed by atoms with Crippen LogP contribution in [-0.4, -0.2) is 45.5 Å². The van der Waals surface area contributed by atoms with Crippen LogP contribution in [0.4, 0.5) is 18.9 Å². The first-order valence-corrected chi connectivity index (χ1v) is 7.35. The monoisotopic (exact) mass is 310 g/mol. The summed E-state index contributed by atoms with van der Waals surface area (Å²) in [6.45, 7) is 2.58. The van der Waals surface area contributed by atoms with E-state index in [1.807, 2.05) is 25.9 Å². The highest BCUT2D eigenvalue weighted by Gasteiger charge is 2.46. The van der Waals surface area contributed by atoms with E-state index in [1.54, 1.807) is 0 Å². The van der Waals surface area contributed by atoms with Crippen LogP contribution in [0.5, 0.6) is 0 Å². The van der Waals surface area contributed by atoms with Gasteiger partial charge in [0.05, 0.1) is 4.90 Å². The van der Waals surface area contributed by atoms with E-state index in [2.05, 4.69) is 5.32 Å². The molecule has 0 aliphatic heterocycles. The number of anilines is 1. The van der Waals surface area contributed by atoms with Crippen molar-refractivity contribution >= 4 is 15.5 Å². The number of rotatable bonds is 5. The molecule has 1 N–H and O–H groups in total. The molecule has 0 heterocycles. The van der Waals surface area contributed by atoms with E-state index in [0.29, 0.717) is 12.2 Å². The minimum atomic E-state index is -5.28. The van der Waals surface area contributed by atoms with Gasteiger partial charge in [-0.2, -0.15) is 13.2 Å². The van der Waals surface area contributed by atoms with Crippen LogP contribution in [0.25, 0.3) is 0 Å². The summed E-state index contributed by atoms with van der Waals surface area (Å²) < 4.78 is 59.4. The zero-order chi connectivity index (χ0) is 15.6. The van der Waals surface area contributed by atoms with Crippen LogP contribution in [0.1, 0.15) is 6.92 Å². The Hall–Kier alpha value is -1.28. The minimum Gasteiger partial charge on any atom is -0.383 e. The van der Waals surface area contributed by atoms with Gasteiger partial charge in [0.15, 0.2) is 0 Å². The molecule has 0 fully saturated rings. The molecule has 1 aromatic carbocycles. The number of nitrogens with zero attached hydrogens (tertiary/aromatic N) is 1. The van der Waals surface area contributed by atoms with Crippen molar-refractivity contribution in [2.24, 2.45) is 0 Å². The molecule has 1 unspecified atom stereocenters. The number of likely N-dealkylation sites (N-methyl/N-ethyl adjacent to an activating group) is 1. The molecule has 1 atom stereocenters. The summed E-state index contributed by atoms with van der Waals surface area (Å²) in [7, 11) is -1.46. The molecule has 0 bridgehead atoms. The van der Waals surface area contributed by atoms with Gasteiger partial charge in [-0.1, -0.05) is 0 Å². The third-order valence-electron chi connectivity index (χ3n) is 2.95. The summed E-state index contributed by atoms with van der Waals surface area (Å²) in [6.07, 6.45) is 0. The number of nitrogens with one attached hydrogen (secondary N) is 1. The highest BCUT2D eigenvalue weighted by molar-refractivity contribution is 7.92. The van der Waals surface area contributed by atoms with Crippen LogP contribution in [0.3, 0.4) is 0 Å². The average Bonchev–Trinajstić information content (AvgIpc) is 2.34. The van der Waals surface area contributed by atoms with Gasteiger partial charge in [-0.05, 0) is 45.3 Å². The van der Waals surface area contributed by atoms with E-state index < -0.39 is 20.2 Å². The summed E-state index contributed by atoms with van der Waals surface area (Å²) in [6, 6.07) is 4.77. The Morgan fingerprint density at radius 1 is 1.20 bits per heavy atom. The maximum atomic E-state index is 12.4. The zero-order valence-electron chi connectivity index (χ0n) is 11.4. The average molecular weight is 310 g/mol. The molecule has 0 aromatic heterocycles. The van der Waals surface area contributed by atoms with Gasteiger partial charge in [-0.3, -0.25) is 0 Å². The van der Waals surface area contributed by atoms with Gasteiger partial charge in [0.1, 0.15) is 0 Å². The van der Waals surface area contributed by atoms with Crippen molar-refractivity contribution in [2.75, 3.05) is 26.0 Å². The standard InChI is InChI=1S/C12H17F3N2O2S/c1-9(17(2)3)8-16-10-4-6-11(7-5-10)20(18,19)12(13,14)15/h4-7,9,16H,8H2,1-3H3. The normalized spacial score (nSPS) is 14.3. The summed E-state index contributed by atoms with van der Waals surface area (Å²) in [5, 5.41) is 3.03. The predicted octanol–water partition coefficient (Wildman–Crippen LogP) is 2.34. The number of hydrogen-bond donors (Lipinski definition) is 1. The molecule has 114 valence electrons. The zero-order valence-corrected chi connectivity index (χ0v) is 12.2. The van der Waals surface area contributed by atoms with Gasteiger partial charge in [0, 0.05) is 18.3 Å². The lowest BCUT2D eigenvalue weighted by Gasteiger charge is -2.20. The second-order valence-corrected chi connectivity index (χ2v) is 6.61. The van der Waals surface area contributed by atoms with Crippen molar-refractivity contribution in [1.82, 2.24) is 4.90 Å². The van der Waals surface area contributed by atoms with E-state index in [4.69, 9.17) is 0 Å². The van der Waals surface area contributed by atoms with Crippen LogP contribution in [-0.2, 0) is 9.84 Å². The molecule has 20 heavy (non-hydrogen) atoms. The summed E-state index contributed by atoms with van der Waals surface area (Å²) in [5.41, 5.74) is -4.71. The molecular formula is C12H17F3N2O2S. The Kier molecular flexibility index (Phi) is 5.04. The number of sulfone groups is 1. The number of hydrogen-bond acceptors (Lipinski definition) is 4. The van der Waals surface area contributed by atoms with E-state index in [1.165, 1.54) is 12.1 Å². The fraction of sp³-hybridized carbons (Fsp3) is 0.500. The van der Waals surface area contributed by atoms with E-state index in [0.717, 1.165) is 12.1 Å². The second-order valence-electron chi connectivity index (χ2n) is 4.67. The smallest absolute Gasteiger partial charge is 0.383 e. The van der Waals surface area contributed by atoms with Crippen molar-refractivity contribution in [3.63, 3.8) is 0 Å². The van der Waals surface area contributed by atoms with E-state index in [9.17, 15) is 21.6 Å². The van der Waals surface area contributed by atoms with Crippen LogP contribution in [0.15, 0.2) is 29.2 Å². The molecule has 8 heteroatoms. The Morgan fingerprint density at radius 2 is 1.70 bits per heavy atom. The fourth-order valence-electron chi connectivity index (χ4n) is 1.33. The van der Waals surface area contributed by atoms with Gasteiger partial charge in [-0.15, -0.1) is 0 Å². The first kappa shape index (κ1) is 16.8. The largest absolute Gasteiger partial charge is 0.501 e. The molecule has 0 saturated carbocycles.